The van der Waals surface area contributed by atoms with Crippen molar-refractivity contribution in [2.75, 3.05) is 24.2 Å². The summed E-state index contributed by atoms with van der Waals surface area (Å²) in [6.45, 7) is 3.47. The Kier molecular flexibility index (Phi) is 4.24. The van der Waals surface area contributed by atoms with E-state index in [-0.39, 0.29) is 0 Å². The number of aromatic nitrogens is 1. The smallest absolute Gasteiger partial charge is 0.127 e. The summed E-state index contributed by atoms with van der Waals surface area (Å²) in [5.74, 6) is 2.66. The number of hydrogen-bond acceptors (Lipinski definition) is 3. The summed E-state index contributed by atoms with van der Waals surface area (Å²) in [7, 11) is 1.90. The number of pyridine rings is 1. The quantitative estimate of drug-likeness (QED) is 0.837. The first-order valence-electron chi connectivity index (χ1n) is 6.65. The molecular weight excluding hydrogens is 210 g/mol. The topological polar surface area (TPSA) is 37.0 Å². The van der Waals surface area contributed by atoms with Crippen molar-refractivity contribution in [1.82, 2.24) is 4.98 Å². The number of nitrogens with one attached hydrogen (secondary N) is 2. The van der Waals surface area contributed by atoms with Crippen molar-refractivity contribution < 1.29 is 0 Å². The number of rotatable bonds is 4. The van der Waals surface area contributed by atoms with Crippen molar-refractivity contribution in [1.29, 1.82) is 0 Å². The molecule has 0 aromatic carbocycles. The highest BCUT2D eigenvalue weighted by molar-refractivity contribution is 5.51. The summed E-state index contributed by atoms with van der Waals surface area (Å²) in [4.78, 5) is 4.21. The van der Waals surface area contributed by atoms with Crippen LogP contribution in [0.2, 0.25) is 0 Å². The highest BCUT2D eigenvalue weighted by atomic mass is 15.0. The molecule has 1 aliphatic carbocycles. The fourth-order valence-corrected chi connectivity index (χ4v) is 2.68. The molecule has 3 nitrogen and oxygen atoms in total. The van der Waals surface area contributed by atoms with E-state index in [4.69, 9.17) is 0 Å². The zero-order valence-electron chi connectivity index (χ0n) is 10.9. The van der Waals surface area contributed by atoms with Crippen molar-refractivity contribution in [2.45, 2.75) is 32.6 Å². The van der Waals surface area contributed by atoms with Crippen LogP contribution in [0.3, 0.4) is 0 Å². The van der Waals surface area contributed by atoms with Crippen LogP contribution in [0.15, 0.2) is 18.3 Å². The van der Waals surface area contributed by atoms with Crippen LogP contribution in [-0.4, -0.2) is 18.6 Å². The minimum Gasteiger partial charge on any atom is -0.385 e. The van der Waals surface area contributed by atoms with Gasteiger partial charge in [0.1, 0.15) is 5.82 Å². The van der Waals surface area contributed by atoms with Gasteiger partial charge in [0.2, 0.25) is 0 Å². The average molecular weight is 233 g/mol. The molecule has 1 fully saturated rings. The molecule has 17 heavy (non-hydrogen) atoms. The van der Waals surface area contributed by atoms with Crippen molar-refractivity contribution in [2.24, 2.45) is 11.8 Å². The minimum absolute atomic E-state index is 0.838. The third-order valence-electron chi connectivity index (χ3n) is 3.66. The predicted octanol–water partition coefficient (Wildman–Crippen LogP) is 3.36. The minimum atomic E-state index is 0.838. The second kappa shape index (κ2) is 5.89. The molecule has 2 unspecified atom stereocenters. The molecule has 0 aliphatic heterocycles. The van der Waals surface area contributed by atoms with Gasteiger partial charge in [0, 0.05) is 31.5 Å². The Morgan fingerprint density at radius 1 is 1.41 bits per heavy atom. The lowest BCUT2D eigenvalue weighted by Crippen LogP contribution is -2.21. The van der Waals surface area contributed by atoms with Crippen LogP contribution in [-0.2, 0) is 0 Å². The second-order valence-electron chi connectivity index (χ2n) is 5.20. The molecule has 1 heterocycles. The van der Waals surface area contributed by atoms with Gasteiger partial charge in [-0.3, -0.25) is 0 Å². The normalized spacial score (nSPS) is 24.4. The monoisotopic (exact) mass is 233 g/mol. The van der Waals surface area contributed by atoms with Crippen molar-refractivity contribution in [3.05, 3.63) is 18.3 Å². The Bertz CT molecular complexity index is 351. The van der Waals surface area contributed by atoms with Gasteiger partial charge in [-0.05, 0) is 30.7 Å². The Hall–Kier alpha value is -1.25. The average Bonchev–Trinajstić information content (AvgIpc) is 2.37. The third-order valence-corrected chi connectivity index (χ3v) is 3.66. The summed E-state index contributed by atoms with van der Waals surface area (Å²) in [6, 6.07) is 4.10. The maximum absolute atomic E-state index is 4.21. The number of anilines is 2. The molecule has 0 bridgehead atoms. The van der Waals surface area contributed by atoms with Gasteiger partial charge in [-0.2, -0.15) is 0 Å². The molecule has 94 valence electrons. The first-order chi connectivity index (χ1) is 8.28. The largest absolute Gasteiger partial charge is 0.385 e. The lowest BCUT2D eigenvalue weighted by Gasteiger charge is -2.27. The molecule has 0 spiro atoms. The van der Waals surface area contributed by atoms with Crippen LogP contribution in [0, 0.1) is 11.8 Å². The SMILES string of the molecule is CNc1cc(NCC2CCCC(C)C2)ccn1. The zero-order valence-corrected chi connectivity index (χ0v) is 10.9. The standard InChI is InChI=1S/C14H23N3/c1-11-4-3-5-12(8-11)10-17-13-6-7-16-14(9-13)15-2/h6-7,9,11-12H,3-5,8,10H2,1-2H3,(H2,15,16,17). The maximum atomic E-state index is 4.21. The van der Waals surface area contributed by atoms with Crippen molar-refractivity contribution in [3.63, 3.8) is 0 Å². The van der Waals surface area contributed by atoms with E-state index in [1.165, 1.54) is 31.4 Å². The maximum Gasteiger partial charge on any atom is 0.127 e. The highest BCUT2D eigenvalue weighted by Crippen LogP contribution is 2.28. The Labute approximate surface area is 104 Å². The first kappa shape index (κ1) is 12.2. The predicted molar refractivity (Wildman–Crippen MR) is 73.4 cm³/mol. The fourth-order valence-electron chi connectivity index (χ4n) is 2.68. The van der Waals surface area contributed by atoms with Gasteiger partial charge < -0.3 is 10.6 Å². The van der Waals surface area contributed by atoms with E-state index in [1.54, 1.807) is 0 Å². The fraction of sp³-hybridized carbons (Fsp3) is 0.643. The van der Waals surface area contributed by atoms with Crippen LogP contribution in [0.4, 0.5) is 11.5 Å². The molecule has 1 aromatic rings. The highest BCUT2D eigenvalue weighted by Gasteiger charge is 2.18. The second-order valence-corrected chi connectivity index (χ2v) is 5.20. The van der Waals surface area contributed by atoms with Gasteiger partial charge in [0.15, 0.2) is 0 Å². The van der Waals surface area contributed by atoms with Gasteiger partial charge in [0.25, 0.3) is 0 Å². The summed E-state index contributed by atoms with van der Waals surface area (Å²) >= 11 is 0. The van der Waals surface area contributed by atoms with Crippen LogP contribution < -0.4 is 10.6 Å². The molecule has 3 heteroatoms. The first-order valence-corrected chi connectivity index (χ1v) is 6.65. The molecule has 0 amide bonds. The molecular formula is C14H23N3. The molecule has 0 radical (unpaired) electrons. The lowest BCUT2D eigenvalue weighted by molar-refractivity contribution is 0.293. The summed E-state index contributed by atoms with van der Waals surface area (Å²) in [5, 5.41) is 6.59. The van der Waals surface area contributed by atoms with Gasteiger partial charge in [-0.15, -0.1) is 0 Å². The third kappa shape index (κ3) is 3.62. The van der Waals surface area contributed by atoms with Gasteiger partial charge in [-0.1, -0.05) is 19.8 Å². The van der Waals surface area contributed by atoms with E-state index < -0.39 is 0 Å². The summed E-state index contributed by atoms with van der Waals surface area (Å²) < 4.78 is 0. The van der Waals surface area contributed by atoms with E-state index in [9.17, 15) is 0 Å². The molecule has 1 aromatic heterocycles. The molecule has 1 saturated carbocycles. The number of hydrogen-bond donors (Lipinski definition) is 2. The van der Waals surface area contributed by atoms with E-state index in [1.807, 2.05) is 19.3 Å². The molecule has 1 aliphatic rings. The molecule has 2 N–H and O–H groups in total. The van der Waals surface area contributed by atoms with Crippen molar-refractivity contribution >= 4 is 11.5 Å². The Morgan fingerprint density at radius 3 is 3.06 bits per heavy atom. The van der Waals surface area contributed by atoms with Gasteiger partial charge in [0.05, 0.1) is 0 Å². The van der Waals surface area contributed by atoms with E-state index >= 15 is 0 Å². The molecule has 2 atom stereocenters. The van der Waals surface area contributed by atoms with Crippen LogP contribution in [0.5, 0.6) is 0 Å². The Balaban J connectivity index is 1.84. The van der Waals surface area contributed by atoms with E-state index in [0.717, 1.165) is 24.2 Å². The van der Waals surface area contributed by atoms with Gasteiger partial charge in [-0.25, -0.2) is 4.98 Å². The molecule has 2 rings (SSSR count). The van der Waals surface area contributed by atoms with E-state index in [0.29, 0.717) is 0 Å². The Morgan fingerprint density at radius 2 is 2.29 bits per heavy atom. The summed E-state index contributed by atoms with van der Waals surface area (Å²) in [6.07, 6.45) is 7.40. The van der Waals surface area contributed by atoms with Crippen LogP contribution in [0.25, 0.3) is 0 Å². The lowest BCUT2D eigenvalue weighted by atomic mass is 9.82. The van der Waals surface area contributed by atoms with Gasteiger partial charge >= 0.3 is 0 Å². The number of nitrogens with zero attached hydrogens (tertiary/aromatic N) is 1. The summed E-state index contributed by atoms with van der Waals surface area (Å²) in [5.41, 5.74) is 1.17. The van der Waals surface area contributed by atoms with Crippen LogP contribution in [0.1, 0.15) is 32.6 Å². The molecule has 0 saturated heterocycles. The van der Waals surface area contributed by atoms with E-state index in [2.05, 4.69) is 28.6 Å². The van der Waals surface area contributed by atoms with Crippen molar-refractivity contribution in [3.8, 4) is 0 Å². The van der Waals surface area contributed by atoms with Crippen LogP contribution >= 0.6 is 0 Å². The zero-order chi connectivity index (χ0) is 12.1.